The molecule has 0 N–H and O–H groups in total. The number of carbonyl (C=O) groups excluding carboxylic acids is 1. The van der Waals surface area contributed by atoms with Crippen molar-refractivity contribution in [2.75, 3.05) is 13.1 Å². The van der Waals surface area contributed by atoms with Gasteiger partial charge in [0.1, 0.15) is 0 Å². The Hall–Kier alpha value is -0.670. The highest BCUT2D eigenvalue weighted by atomic mass is 19.3. The quantitative estimate of drug-likeness (QED) is 0.714. The van der Waals surface area contributed by atoms with E-state index in [1.807, 2.05) is 0 Å². The standard InChI is InChI=1S/C11H19F2NO/c1-9(8-10(12)13)11(15)14-6-4-2-3-5-7-14/h9-10H,2-8H2,1H3. The Morgan fingerprint density at radius 2 is 1.73 bits per heavy atom. The van der Waals surface area contributed by atoms with Crippen molar-refractivity contribution in [1.82, 2.24) is 4.90 Å². The zero-order valence-electron chi connectivity index (χ0n) is 9.22. The SMILES string of the molecule is CC(CC(F)F)C(=O)N1CCCCCC1. The van der Waals surface area contributed by atoms with E-state index < -0.39 is 12.3 Å². The molecule has 15 heavy (non-hydrogen) atoms. The van der Waals surface area contributed by atoms with Crippen LogP contribution in [0.1, 0.15) is 39.0 Å². The van der Waals surface area contributed by atoms with Gasteiger partial charge >= 0.3 is 0 Å². The molecule has 1 atom stereocenters. The number of amides is 1. The van der Waals surface area contributed by atoms with Crippen LogP contribution in [0.25, 0.3) is 0 Å². The van der Waals surface area contributed by atoms with Gasteiger partial charge in [-0.2, -0.15) is 0 Å². The molecule has 1 aliphatic rings. The highest BCUT2D eigenvalue weighted by Gasteiger charge is 2.23. The molecule has 1 rings (SSSR count). The van der Waals surface area contributed by atoms with E-state index in [2.05, 4.69) is 0 Å². The van der Waals surface area contributed by atoms with Gasteiger partial charge < -0.3 is 4.90 Å². The smallest absolute Gasteiger partial charge is 0.239 e. The van der Waals surface area contributed by atoms with E-state index in [-0.39, 0.29) is 12.3 Å². The summed E-state index contributed by atoms with van der Waals surface area (Å²) >= 11 is 0. The first kappa shape index (κ1) is 12.4. The monoisotopic (exact) mass is 219 g/mol. The molecule has 0 spiro atoms. The summed E-state index contributed by atoms with van der Waals surface area (Å²) in [6.45, 7) is 3.08. The van der Waals surface area contributed by atoms with Crippen molar-refractivity contribution in [2.45, 2.75) is 45.5 Å². The first-order valence-corrected chi connectivity index (χ1v) is 5.68. The molecular formula is C11H19F2NO. The van der Waals surface area contributed by atoms with Crippen LogP contribution in [-0.4, -0.2) is 30.3 Å². The lowest BCUT2D eigenvalue weighted by molar-refractivity contribution is -0.136. The van der Waals surface area contributed by atoms with Crippen LogP contribution in [0.15, 0.2) is 0 Å². The number of alkyl halides is 2. The van der Waals surface area contributed by atoms with Crippen LogP contribution in [-0.2, 0) is 4.79 Å². The van der Waals surface area contributed by atoms with E-state index >= 15 is 0 Å². The molecule has 4 heteroatoms. The van der Waals surface area contributed by atoms with Crippen molar-refractivity contribution in [3.8, 4) is 0 Å². The highest BCUT2D eigenvalue weighted by Crippen LogP contribution is 2.16. The van der Waals surface area contributed by atoms with Crippen LogP contribution in [0, 0.1) is 5.92 Å². The van der Waals surface area contributed by atoms with Crippen molar-refractivity contribution in [1.29, 1.82) is 0 Å². The minimum Gasteiger partial charge on any atom is -0.342 e. The second kappa shape index (κ2) is 6.03. The molecule has 0 aromatic rings. The lowest BCUT2D eigenvalue weighted by atomic mass is 10.1. The number of hydrogen-bond donors (Lipinski definition) is 0. The summed E-state index contributed by atoms with van der Waals surface area (Å²) in [7, 11) is 0. The number of rotatable bonds is 3. The predicted octanol–water partition coefficient (Wildman–Crippen LogP) is 2.68. The third-order valence-corrected chi connectivity index (χ3v) is 2.87. The van der Waals surface area contributed by atoms with Gasteiger partial charge in [-0.25, -0.2) is 8.78 Å². The maximum absolute atomic E-state index is 12.1. The Morgan fingerprint density at radius 1 is 1.20 bits per heavy atom. The van der Waals surface area contributed by atoms with Gasteiger partial charge in [0.2, 0.25) is 12.3 Å². The fourth-order valence-corrected chi connectivity index (χ4v) is 1.97. The minimum atomic E-state index is -2.38. The fourth-order valence-electron chi connectivity index (χ4n) is 1.97. The third-order valence-electron chi connectivity index (χ3n) is 2.87. The Kier molecular flexibility index (Phi) is 4.99. The molecule has 0 bridgehead atoms. The number of carbonyl (C=O) groups is 1. The Labute approximate surface area is 89.6 Å². The van der Waals surface area contributed by atoms with Gasteiger partial charge in [-0.05, 0) is 12.8 Å². The molecular weight excluding hydrogens is 200 g/mol. The van der Waals surface area contributed by atoms with Crippen LogP contribution in [0.3, 0.4) is 0 Å². The second-order valence-electron chi connectivity index (χ2n) is 4.27. The first-order valence-electron chi connectivity index (χ1n) is 5.68. The lowest BCUT2D eigenvalue weighted by Gasteiger charge is -2.23. The number of hydrogen-bond acceptors (Lipinski definition) is 1. The Balaban J connectivity index is 2.42. The van der Waals surface area contributed by atoms with Crippen molar-refractivity contribution >= 4 is 5.91 Å². The van der Waals surface area contributed by atoms with Gasteiger partial charge in [-0.3, -0.25) is 4.79 Å². The second-order valence-corrected chi connectivity index (χ2v) is 4.27. The number of nitrogens with zero attached hydrogens (tertiary/aromatic N) is 1. The van der Waals surface area contributed by atoms with Gasteiger partial charge in [0, 0.05) is 25.4 Å². The molecule has 0 radical (unpaired) electrons. The van der Waals surface area contributed by atoms with Gasteiger partial charge in [0.05, 0.1) is 0 Å². The van der Waals surface area contributed by atoms with Crippen LogP contribution in [0.2, 0.25) is 0 Å². The van der Waals surface area contributed by atoms with Crippen molar-refractivity contribution in [3.05, 3.63) is 0 Å². The topological polar surface area (TPSA) is 20.3 Å². The first-order chi connectivity index (χ1) is 7.11. The maximum Gasteiger partial charge on any atom is 0.239 e. The van der Waals surface area contributed by atoms with Crippen LogP contribution >= 0.6 is 0 Å². The molecule has 1 unspecified atom stereocenters. The predicted molar refractivity (Wildman–Crippen MR) is 54.8 cm³/mol. The summed E-state index contributed by atoms with van der Waals surface area (Å²) in [5, 5.41) is 0. The van der Waals surface area contributed by atoms with Crippen LogP contribution in [0.4, 0.5) is 8.78 Å². The summed E-state index contributed by atoms with van der Waals surface area (Å²) in [4.78, 5) is 13.5. The normalized spacial score (nSPS) is 20.1. The third kappa shape index (κ3) is 4.14. The van der Waals surface area contributed by atoms with E-state index in [0.29, 0.717) is 0 Å². The largest absolute Gasteiger partial charge is 0.342 e. The molecule has 0 saturated carbocycles. The molecule has 1 saturated heterocycles. The molecule has 0 aliphatic carbocycles. The Bertz CT molecular complexity index is 201. The van der Waals surface area contributed by atoms with Crippen LogP contribution in [0.5, 0.6) is 0 Å². The molecule has 1 fully saturated rings. The zero-order chi connectivity index (χ0) is 11.3. The molecule has 2 nitrogen and oxygen atoms in total. The van der Waals surface area contributed by atoms with E-state index in [1.54, 1.807) is 11.8 Å². The molecule has 1 amide bonds. The summed E-state index contributed by atoms with van der Waals surface area (Å²) in [6, 6.07) is 0. The average Bonchev–Trinajstić information content (AvgIpc) is 2.43. The van der Waals surface area contributed by atoms with Crippen molar-refractivity contribution in [3.63, 3.8) is 0 Å². The van der Waals surface area contributed by atoms with Gasteiger partial charge in [-0.15, -0.1) is 0 Å². The number of likely N-dealkylation sites (tertiary alicyclic amines) is 1. The maximum atomic E-state index is 12.1. The average molecular weight is 219 g/mol. The van der Waals surface area contributed by atoms with Gasteiger partial charge in [-0.1, -0.05) is 19.8 Å². The minimum absolute atomic E-state index is 0.0998. The van der Waals surface area contributed by atoms with E-state index in [0.717, 1.165) is 38.8 Å². The van der Waals surface area contributed by atoms with E-state index in [4.69, 9.17) is 0 Å². The van der Waals surface area contributed by atoms with E-state index in [1.165, 1.54) is 0 Å². The highest BCUT2D eigenvalue weighted by molar-refractivity contribution is 5.78. The summed E-state index contributed by atoms with van der Waals surface area (Å²) in [6.07, 6.45) is 1.62. The molecule has 0 aromatic carbocycles. The molecule has 1 aliphatic heterocycles. The van der Waals surface area contributed by atoms with Gasteiger partial charge in [0.25, 0.3) is 0 Å². The summed E-state index contributed by atoms with van der Waals surface area (Å²) in [5.41, 5.74) is 0. The number of halogens is 2. The van der Waals surface area contributed by atoms with Crippen molar-refractivity contribution < 1.29 is 13.6 Å². The fraction of sp³-hybridized carbons (Fsp3) is 0.909. The van der Waals surface area contributed by atoms with E-state index in [9.17, 15) is 13.6 Å². The summed E-state index contributed by atoms with van der Waals surface area (Å²) in [5.74, 6) is -0.639. The lowest BCUT2D eigenvalue weighted by Crippen LogP contribution is -2.36. The molecule has 0 aromatic heterocycles. The zero-order valence-corrected chi connectivity index (χ0v) is 9.22. The van der Waals surface area contributed by atoms with Gasteiger partial charge in [0.15, 0.2) is 0 Å². The van der Waals surface area contributed by atoms with Crippen molar-refractivity contribution in [2.24, 2.45) is 5.92 Å². The van der Waals surface area contributed by atoms with Crippen LogP contribution < -0.4 is 0 Å². The summed E-state index contributed by atoms with van der Waals surface area (Å²) < 4.78 is 24.2. The Morgan fingerprint density at radius 3 is 2.20 bits per heavy atom. The molecule has 88 valence electrons. The molecule has 1 heterocycles.